The Kier molecular flexibility index (Phi) is 6.15. The fourth-order valence-electron chi connectivity index (χ4n) is 4.73. The molecule has 2 aliphatic rings. The average Bonchev–Trinajstić information content (AvgIpc) is 3.13. The number of aliphatic hydroxyl groups is 1. The lowest BCUT2D eigenvalue weighted by Gasteiger charge is -2.26. The lowest BCUT2D eigenvalue weighted by atomic mass is 9.93. The van der Waals surface area contributed by atoms with Gasteiger partial charge in [-0.15, -0.1) is 13.2 Å². The van der Waals surface area contributed by atoms with Crippen molar-refractivity contribution in [1.82, 2.24) is 0 Å². The normalized spacial score (nSPS) is 18.9. The van der Waals surface area contributed by atoms with Crippen molar-refractivity contribution in [2.75, 3.05) is 11.5 Å². The van der Waals surface area contributed by atoms with Crippen LogP contribution in [-0.2, 0) is 16.0 Å². The summed E-state index contributed by atoms with van der Waals surface area (Å²) in [6, 6.07) is 15.9. The molecule has 0 radical (unpaired) electrons. The lowest BCUT2D eigenvalue weighted by molar-refractivity contribution is -0.274. The van der Waals surface area contributed by atoms with Crippen molar-refractivity contribution < 1.29 is 37.3 Å². The molecule has 6 nitrogen and oxygen atoms in total. The zero-order chi connectivity index (χ0) is 26.3. The Bertz CT molecular complexity index is 1410. The van der Waals surface area contributed by atoms with E-state index in [1.807, 2.05) is 13.0 Å². The zero-order valence-electron chi connectivity index (χ0n) is 19.7. The van der Waals surface area contributed by atoms with Gasteiger partial charge in [0.05, 0.1) is 18.2 Å². The number of amides is 1. The van der Waals surface area contributed by atoms with Crippen LogP contribution in [0, 0.1) is 6.92 Å². The van der Waals surface area contributed by atoms with Gasteiger partial charge in [-0.25, -0.2) is 0 Å². The molecule has 5 rings (SSSR count). The number of ether oxygens (including phenoxy) is 2. The zero-order valence-corrected chi connectivity index (χ0v) is 19.7. The summed E-state index contributed by atoms with van der Waals surface area (Å²) in [4.78, 5) is 27.8. The number of Topliss-reactive ketones (excluding diaryl/α,β-unsaturated/α-hetero) is 1. The van der Waals surface area contributed by atoms with E-state index in [0.717, 1.165) is 36.1 Å². The van der Waals surface area contributed by atoms with Crippen LogP contribution in [0.3, 0.4) is 0 Å². The van der Waals surface area contributed by atoms with Crippen molar-refractivity contribution >= 4 is 23.1 Å². The van der Waals surface area contributed by atoms with Crippen LogP contribution in [0.5, 0.6) is 11.5 Å². The molecule has 1 unspecified atom stereocenters. The van der Waals surface area contributed by atoms with E-state index in [0.29, 0.717) is 23.5 Å². The quantitative estimate of drug-likeness (QED) is 0.272. The molecule has 0 aromatic heterocycles. The van der Waals surface area contributed by atoms with Crippen LogP contribution in [0.25, 0.3) is 5.76 Å². The van der Waals surface area contributed by atoms with Crippen LogP contribution < -0.4 is 14.4 Å². The molecule has 2 heterocycles. The van der Waals surface area contributed by atoms with Gasteiger partial charge in [0.2, 0.25) is 0 Å². The van der Waals surface area contributed by atoms with Crippen LogP contribution in [0.2, 0.25) is 0 Å². The van der Waals surface area contributed by atoms with Crippen LogP contribution >= 0.6 is 0 Å². The third-order valence-electron chi connectivity index (χ3n) is 6.33. The molecule has 2 aliphatic heterocycles. The molecule has 1 fully saturated rings. The van der Waals surface area contributed by atoms with Gasteiger partial charge in [-0.1, -0.05) is 29.8 Å². The number of anilines is 1. The summed E-state index contributed by atoms with van der Waals surface area (Å²) < 4.78 is 47.4. The highest BCUT2D eigenvalue weighted by molar-refractivity contribution is 6.51. The first-order valence-corrected chi connectivity index (χ1v) is 11.6. The van der Waals surface area contributed by atoms with E-state index in [-0.39, 0.29) is 17.0 Å². The van der Waals surface area contributed by atoms with Crippen molar-refractivity contribution in [3.63, 3.8) is 0 Å². The highest BCUT2D eigenvalue weighted by Crippen LogP contribution is 2.43. The van der Waals surface area contributed by atoms with E-state index < -0.39 is 29.8 Å². The minimum absolute atomic E-state index is 0.108. The predicted octanol–water partition coefficient (Wildman–Crippen LogP) is 5.84. The molecular weight excluding hydrogens is 487 g/mol. The fraction of sp³-hybridized carbons (Fsp3) is 0.214. The van der Waals surface area contributed by atoms with Crippen LogP contribution in [0.4, 0.5) is 18.9 Å². The van der Waals surface area contributed by atoms with Gasteiger partial charge in [0, 0.05) is 11.3 Å². The first kappa shape index (κ1) is 24.4. The summed E-state index contributed by atoms with van der Waals surface area (Å²) in [6.07, 6.45) is -3.30. The number of hydrogen-bond acceptors (Lipinski definition) is 5. The standard InChI is InChI=1S/C28H22F3NO5/c1-16-4-2-5-18(14-16)24-23(25(33)19-7-12-22-17(15-19)6-3-13-36-22)26(34)27(35)32(24)20-8-10-21(11-9-20)37-28(29,30)31/h2,4-5,7-12,14-15,24,33H,3,6,13H2,1H3/b25-23-. The van der Waals surface area contributed by atoms with Gasteiger partial charge in [0.25, 0.3) is 11.7 Å². The second kappa shape index (κ2) is 9.31. The van der Waals surface area contributed by atoms with Gasteiger partial charge in [-0.05, 0) is 73.4 Å². The Labute approximate surface area is 210 Å². The molecule has 1 amide bonds. The Morgan fingerprint density at radius 1 is 1.05 bits per heavy atom. The molecule has 0 spiro atoms. The molecule has 0 bridgehead atoms. The van der Waals surface area contributed by atoms with E-state index in [1.165, 1.54) is 17.0 Å². The number of carbonyl (C=O) groups is 2. The summed E-state index contributed by atoms with van der Waals surface area (Å²) in [6.45, 7) is 2.45. The van der Waals surface area contributed by atoms with Gasteiger partial charge in [-0.2, -0.15) is 0 Å². The molecule has 1 atom stereocenters. The monoisotopic (exact) mass is 509 g/mol. The van der Waals surface area contributed by atoms with Crippen molar-refractivity contribution in [2.45, 2.75) is 32.2 Å². The van der Waals surface area contributed by atoms with Crippen molar-refractivity contribution in [2.24, 2.45) is 0 Å². The Balaban J connectivity index is 1.63. The summed E-state index contributed by atoms with van der Waals surface area (Å²) in [5.41, 5.74) is 2.76. The van der Waals surface area contributed by atoms with Crippen LogP contribution in [-0.4, -0.2) is 29.8 Å². The van der Waals surface area contributed by atoms with Gasteiger partial charge in [0.15, 0.2) is 0 Å². The van der Waals surface area contributed by atoms with E-state index in [4.69, 9.17) is 4.74 Å². The molecule has 1 N–H and O–H groups in total. The number of hydrogen-bond donors (Lipinski definition) is 1. The maximum atomic E-state index is 13.3. The van der Waals surface area contributed by atoms with E-state index in [1.54, 1.807) is 36.4 Å². The number of halogens is 3. The van der Waals surface area contributed by atoms with Gasteiger partial charge >= 0.3 is 6.36 Å². The Hall–Kier alpha value is -4.27. The summed E-state index contributed by atoms with van der Waals surface area (Å²) >= 11 is 0. The number of ketones is 1. The smallest absolute Gasteiger partial charge is 0.507 e. The molecule has 9 heteroatoms. The maximum absolute atomic E-state index is 13.3. The second-order valence-electron chi connectivity index (χ2n) is 8.90. The molecule has 190 valence electrons. The van der Waals surface area contributed by atoms with Gasteiger partial charge in [0.1, 0.15) is 17.3 Å². The topological polar surface area (TPSA) is 76.1 Å². The minimum Gasteiger partial charge on any atom is -0.507 e. The minimum atomic E-state index is -4.87. The Morgan fingerprint density at radius 2 is 1.81 bits per heavy atom. The largest absolute Gasteiger partial charge is 0.573 e. The molecule has 3 aromatic rings. The maximum Gasteiger partial charge on any atom is 0.573 e. The SMILES string of the molecule is Cc1cccc(C2/C(=C(/O)c3ccc4c(c3)CCCO4)C(=O)C(=O)N2c2ccc(OC(F)(F)F)cc2)c1. The van der Waals surface area contributed by atoms with Gasteiger partial charge < -0.3 is 14.6 Å². The van der Waals surface area contributed by atoms with Crippen molar-refractivity contribution in [1.29, 1.82) is 0 Å². The molecule has 0 aliphatic carbocycles. The summed E-state index contributed by atoms with van der Waals surface area (Å²) in [5, 5.41) is 11.3. The molecule has 37 heavy (non-hydrogen) atoms. The van der Waals surface area contributed by atoms with Crippen molar-refractivity contribution in [3.8, 4) is 11.5 Å². The van der Waals surface area contributed by atoms with E-state index in [2.05, 4.69) is 4.74 Å². The highest BCUT2D eigenvalue weighted by atomic mass is 19.4. The van der Waals surface area contributed by atoms with E-state index in [9.17, 15) is 27.9 Å². The fourth-order valence-corrected chi connectivity index (χ4v) is 4.73. The number of nitrogens with zero attached hydrogens (tertiary/aromatic N) is 1. The first-order valence-electron chi connectivity index (χ1n) is 11.6. The van der Waals surface area contributed by atoms with Crippen LogP contribution in [0.15, 0.2) is 72.3 Å². The first-order chi connectivity index (χ1) is 17.6. The number of benzene rings is 3. The molecule has 3 aromatic carbocycles. The summed E-state index contributed by atoms with van der Waals surface area (Å²) in [7, 11) is 0. The number of alkyl halides is 3. The number of fused-ring (bicyclic) bond motifs is 1. The molecular formula is C28H22F3NO5. The number of rotatable bonds is 4. The molecule has 1 saturated heterocycles. The third-order valence-corrected chi connectivity index (χ3v) is 6.33. The second-order valence-corrected chi connectivity index (χ2v) is 8.90. The predicted molar refractivity (Wildman–Crippen MR) is 129 cm³/mol. The summed E-state index contributed by atoms with van der Waals surface area (Å²) in [5.74, 6) is -1.89. The van der Waals surface area contributed by atoms with Gasteiger partial charge in [-0.3, -0.25) is 14.5 Å². The lowest BCUT2D eigenvalue weighted by Crippen LogP contribution is -2.29. The molecule has 0 saturated carbocycles. The van der Waals surface area contributed by atoms with E-state index >= 15 is 0 Å². The third kappa shape index (κ3) is 4.76. The number of aryl methyl sites for hydroxylation is 2. The van der Waals surface area contributed by atoms with Crippen LogP contribution in [0.1, 0.15) is 34.7 Å². The highest BCUT2D eigenvalue weighted by Gasteiger charge is 2.47. The van der Waals surface area contributed by atoms with Crippen molar-refractivity contribution in [3.05, 3.63) is 94.6 Å². The average molecular weight is 509 g/mol. The number of aliphatic hydroxyl groups excluding tert-OH is 1. The number of carbonyl (C=O) groups excluding carboxylic acids is 2. The Morgan fingerprint density at radius 3 is 2.51 bits per heavy atom.